The van der Waals surface area contributed by atoms with Crippen LogP contribution in [-0.2, 0) is 14.3 Å². The predicted molar refractivity (Wildman–Crippen MR) is 166 cm³/mol. The summed E-state index contributed by atoms with van der Waals surface area (Å²) in [7, 11) is 0. The third-order valence-electron chi connectivity index (χ3n) is 8.14. The number of rotatable bonds is 21. The van der Waals surface area contributed by atoms with E-state index in [0.717, 1.165) is 19.3 Å². The standard InChI is InChI=1S/C30H51N7O8/c1-2-3-4-5-6-7-8-9-10-11-12-13-14-19(39)29(44)31-15-21(41)36-22-24(42)25(43)30(45-26(22)20(40)16-38)37-28-23-27(33-17-32-23)34-18-35-28/h17-20,22,24-26,30,38-40,42-43H,2-16H2,1H3,(H,31,44)(H,36,41)(H2,32,33,34,35,37)/t19?,20-,22+,24+,25+,26-,30-/m0/s1. The molecule has 3 heterocycles. The van der Waals surface area contributed by atoms with Crippen molar-refractivity contribution in [3.63, 3.8) is 0 Å². The number of ether oxygens (including phenoxy) is 1. The second-order valence-corrected chi connectivity index (χ2v) is 11.7. The molecule has 1 aliphatic rings. The van der Waals surface area contributed by atoms with Crippen LogP contribution in [0.3, 0.4) is 0 Å². The topological polar surface area (TPSA) is 235 Å². The molecule has 9 N–H and O–H groups in total. The summed E-state index contributed by atoms with van der Waals surface area (Å²) in [5.41, 5.74) is 0.755. The van der Waals surface area contributed by atoms with Gasteiger partial charge in [-0.15, -0.1) is 0 Å². The summed E-state index contributed by atoms with van der Waals surface area (Å²) < 4.78 is 5.77. The first-order valence-corrected chi connectivity index (χ1v) is 16.2. The van der Waals surface area contributed by atoms with Crippen molar-refractivity contribution < 1.29 is 39.9 Å². The van der Waals surface area contributed by atoms with Crippen LogP contribution in [0.4, 0.5) is 5.82 Å². The van der Waals surface area contributed by atoms with Crippen molar-refractivity contribution >= 4 is 28.8 Å². The van der Waals surface area contributed by atoms with Crippen LogP contribution in [0.5, 0.6) is 0 Å². The lowest BCUT2D eigenvalue weighted by molar-refractivity contribution is -0.204. The van der Waals surface area contributed by atoms with E-state index >= 15 is 0 Å². The van der Waals surface area contributed by atoms with Gasteiger partial charge in [-0.1, -0.05) is 84.0 Å². The molecule has 1 saturated heterocycles. The number of hydrogen-bond acceptors (Lipinski definition) is 12. The van der Waals surface area contributed by atoms with Gasteiger partial charge in [0.1, 0.15) is 42.4 Å². The van der Waals surface area contributed by atoms with Gasteiger partial charge in [0.15, 0.2) is 17.7 Å². The summed E-state index contributed by atoms with van der Waals surface area (Å²) in [5.74, 6) is -1.24. The molecule has 3 rings (SSSR count). The second kappa shape index (κ2) is 19.5. The average Bonchev–Trinajstić information content (AvgIpc) is 3.53. The van der Waals surface area contributed by atoms with E-state index in [1.54, 1.807) is 0 Å². The van der Waals surface area contributed by atoms with Crippen LogP contribution in [0.2, 0.25) is 0 Å². The number of aliphatic hydroxyl groups excluding tert-OH is 5. The normalized spacial score (nSPS) is 23.0. The lowest BCUT2D eigenvalue weighted by Crippen LogP contribution is -2.68. The maximum Gasteiger partial charge on any atom is 0.249 e. The first-order chi connectivity index (χ1) is 21.8. The van der Waals surface area contributed by atoms with Gasteiger partial charge >= 0.3 is 0 Å². The molecule has 2 aromatic heterocycles. The maximum atomic E-state index is 12.7. The van der Waals surface area contributed by atoms with Crippen molar-refractivity contribution in [3.8, 4) is 0 Å². The first-order valence-electron chi connectivity index (χ1n) is 16.2. The Kier molecular flexibility index (Phi) is 15.9. The van der Waals surface area contributed by atoms with Crippen LogP contribution >= 0.6 is 0 Å². The number of aromatic amines is 1. The summed E-state index contributed by atoms with van der Waals surface area (Å²) in [5, 5.41) is 59.5. The molecule has 45 heavy (non-hydrogen) atoms. The van der Waals surface area contributed by atoms with Crippen molar-refractivity contribution in [2.75, 3.05) is 18.5 Å². The summed E-state index contributed by atoms with van der Waals surface area (Å²) in [6.07, 6.45) is 8.31. The number of anilines is 1. The Bertz CT molecular complexity index is 1150. The van der Waals surface area contributed by atoms with Crippen LogP contribution in [0, 0.1) is 0 Å². The van der Waals surface area contributed by atoms with Gasteiger partial charge in [0.05, 0.1) is 25.5 Å². The number of unbranched alkanes of at least 4 members (excludes halogenated alkanes) is 11. The minimum absolute atomic E-state index is 0.207. The highest BCUT2D eigenvalue weighted by Crippen LogP contribution is 2.26. The Labute approximate surface area is 263 Å². The molecule has 7 atom stereocenters. The smallest absolute Gasteiger partial charge is 0.249 e. The van der Waals surface area contributed by atoms with E-state index in [1.807, 2.05) is 0 Å². The Hall–Kier alpha value is -2.95. The van der Waals surface area contributed by atoms with Gasteiger partial charge in [0.2, 0.25) is 11.8 Å². The average molecular weight is 638 g/mol. The lowest BCUT2D eigenvalue weighted by Gasteiger charge is -2.44. The number of nitrogens with one attached hydrogen (secondary N) is 4. The number of carbonyl (C=O) groups excluding carboxylic acids is 2. The molecule has 254 valence electrons. The highest BCUT2D eigenvalue weighted by Gasteiger charge is 2.48. The number of nitrogens with zero attached hydrogens (tertiary/aromatic N) is 3. The first kappa shape index (κ1) is 36.5. The fourth-order valence-electron chi connectivity index (χ4n) is 5.48. The second-order valence-electron chi connectivity index (χ2n) is 11.7. The Morgan fingerprint density at radius 3 is 2.22 bits per heavy atom. The van der Waals surface area contributed by atoms with Gasteiger partial charge in [0.25, 0.3) is 0 Å². The largest absolute Gasteiger partial charge is 0.394 e. The van der Waals surface area contributed by atoms with E-state index in [-0.39, 0.29) is 12.2 Å². The fraction of sp³-hybridized carbons (Fsp3) is 0.767. The van der Waals surface area contributed by atoms with Crippen molar-refractivity contribution in [2.24, 2.45) is 0 Å². The molecule has 15 heteroatoms. The van der Waals surface area contributed by atoms with Gasteiger partial charge in [-0.3, -0.25) is 9.59 Å². The van der Waals surface area contributed by atoms with E-state index in [4.69, 9.17) is 4.74 Å². The quantitative estimate of drug-likeness (QED) is 0.0857. The molecule has 0 aromatic carbocycles. The number of fused-ring (bicyclic) bond motifs is 1. The Balaban J connectivity index is 1.38. The molecule has 1 unspecified atom stereocenters. The molecule has 0 bridgehead atoms. The van der Waals surface area contributed by atoms with Crippen LogP contribution in [0.25, 0.3) is 11.2 Å². The Morgan fingerprint density at radius 1 is 0.933 bits per heavy atom. The fourth-order valence-corrected chi connectivity index (χ4v) is 5.48. The van der Waals surface area contributed by atoms with Crippen LogP contribution in [0.1, 0.15) is 90.4 Å². The molecule has 2 aromatic rings. The van der Waals surface area contributed by atoms with Crippen molar-refractivity contribution in [3.05, 3.63) is 12.7 Å². The van der Waals surface area contributed by atoms with E-state index in [1.165, 1.54) is 64.0 Å². The third-order valence-corrected chi connectivity index (χ3v) is 8.14. The summed E-state index contributed by atoms with van der Waals surface area (Å²) in [6, 6.07) is -1.34. The van der Waals surface area contributed by atoms with Gasteiger partial charge in [-0.2, -0.15) is 0 Å². The molecule has 2 amide bonds. The van der Waals surface area contributed by atoms with Gasteiger partial charge in [-0.25, -0.2) is 15.0 Å². The summed E-state index contributed by atoms with van der Waals surface area (Å²) in [6.45, 7) is 0.946. The number of H-pyrrole nitrogens is 1. The zero-order chi connectivity index (χ0) is 32.6. The molecule has 0 radical (unpaired) electrons. The van der Waals surface area contributed by atoms with Gasteiger partial charge in [-0.05, 0) is 6.42 Å². The van der Waals surface area contributed by atoms with E-state index in [0.29, 0.717) is 17.6 Å². The van der Waals surface area contributed by atoms with Crippen molar-refractivity contribution in [1.29, 1.82) is 0 Å². The summed E-state index contributed by atoms with van der Waals surface area (Å²) in [4.78, 5) is 40.0. The minimum Gasteiger partial charge on any atom is -0.394 e. The molecule has 0 saturated carbocycles. The highest BCUT2D eigenvalue weighted by atomic mass is 16.5. The van der Waals surface area contributed by atoms with Crippen LogP contribution < -0.4 is 16.0 Å². The van der Waals surface area contributed by atoms with Crippen LogP contribution in [0.15, 0.2) is 12.7 Å². The predicted octanol–water partition coefficient (Wildman–Crippen LogP) is 0.618. The Morgan fingerprint density at radius 2 is 1.58 bits per heavy atom. The number of hydrogen-bond donors (Lipinski definition) is 9. The van der Waals surface area contributed by atoms with E-state index < -0.39 is 67.8 Å². The molecular formula is C30H51N7O8. The number of aromatic nitrogens is 4. The zero-order valence-electron chi connectivity index (χ0n) is 26.1. The minimum atomic E-state index is -1.64. The van der Waals surface area contributed by atoms with Crippen molar-refractivity contribution in [2.45, 2.75) is 133 Å². The van der Waals surface area contributed by atoms with E-state index in [9.17, 15) is 35.1 Å². The number of imidazole rings is 1. The molecular weight excluding hydrogens is 586 g/mol. The SMILES string of the molecule is CCCCCCCCCCCCCCC(O)C(=O)NCC(=O)N[C@@H]1[C@@H](O)[C@@H](O)[C@@H](Nc2ncnc3nc[nH]c23)O[C@H]1[C@@H](O)CO. The summed E-state index contributed by atoms with van der Waals surface area (Å²) >= 11 is 0. The number of amides is 2. The highest BCUT2D eigenvalue weighted by molar-refractivity contribution is 5.87. The molecule has 1 fully saturated rings. The molecule has 0 aliphatic carbocycles. The number of carbonyl (C=O) groups is 2. The zero-order valence-corrected chi connectivity index (χ0v) is 26.1. The van der Waals surface area contributed by atoms with Gasteiger partial charge < -0.3 is 51.2 Å². The lowest BCUT2D eigenvalue weighted by atomic mass is 9.92. The van der Waals surface area contributed by atoms with Gasteiger partial charge in [0, 0.05) is 0 Å². The number of aliphatic hydroxyl groups is 5. The molecule has 0 spiro atoms. The molecule has 1 aliphatic heterocycles. The van der Waals surface area contributed by atoms with Crippen LogP contribution in [-0.4, -0.2) is 113 Å². The third kappa shape index (κ3) is 11.4. The maximum absolute atomic E-state index is 12.7. The monoisotopic (exact) mass is 637 g/mol. The van der Waals surface area contributed by atoms with Crippen molar-refractivity contribution in [1.82, 2.24) is 30.6 Å². The van der Waals surface area contributed by atoms with E-state index in [2.05, 4.69) is 42.8 Å². The molecule has 15 nitrogen and oxygen atoms in total.